The Labute approximate surface area is 114 Å². The van der Waals surface area contributed by atoms with E-state index in [-0.39, 0.29) is 5.66 Å². The molecule has 1 heterocycles. The fraction of sp³-hybridized carbons (Fsp3) is 0.833. The van der Waals surface area contributed by atoms with Gasteiger partial charge in [0.2, 0.25) is 0 Å². The molecule has 0 bridgehead atoms. The Morgan fingerprint density at radius 1 is 1.35 bits per heavy atom. The normalized spacial score (nSPS) is 16.8. The van der Waals surface area contributed by atoms with Crippen LogP contribution in [0.3, 0.4) is 0 Å². The van der Waals surface area contributed by atoms with E-state index >= 15 is 0 Å². The van der Waals surface area contributed by atoms with Crippen LogP contribution in [0.25, 0.3) is 0 Å². The van der Waals surface area contributed by atoms with E-state index < -0.39 is 8.32 Å². The molecule has 0 amide bonds. The van der Waals surface area contributed by atoms with Crippen LogP contribution in [-0.2, 0) is 4.43 Å². The lowest BCUT2D eigenvalue weighted by Crippen LogP contribution is -2.32. The van der Waals surface area contributed by atoms with Crippen molar-refractivity contribution in [2.45, 2.75) is 50.5 Å². The van der Waals surface area contributed by atoms with E-state index in [1.54, 1.807) is 0 Å². The van der Waals surface area contributed by atoms with E-state index in [1.807, 2.05) is 0 Å². The van der Waals surface area contributed by atoms with Gasteiger partial charge in [0.05, 0.1) is 0 Å². The molecule has 0 radical (unpaired) electrons. The Morgan fingerprint density at radius 3 is 2.59 bits per heavy atom. The molecule has 1 rings (SSSR count). The Hall–Kier alpha value is -0.183. The summed E-state index contributed by atoms with van der Waals surface area (Å²) < 4.78 is 6.03. The number of rotatable bonds is 9. The number of nitrogens with zero attached hydrogens (tertiary/aromatic N) is 2. The number of hydrogen-bond donors (Lipinski definition) is 0. The molecule has 0 unspecified atom stereocenters. The zero-order valence-corrected chi connectivity index (χ0v) is 13.3. The third-order valence-electron chi connectivity index (χ3n) is 2.96. The fourth-order valence-corrected chi connectivity index (χ4v) is 4.35. The van der Waals surface area contributed by atoms with Crippen LogP contribution < -0.4 is 0 Å². The van der Waals surface area contributed by atoms with Gasteiger partial charge in [-0.05, 0) is 25.6 Å². The molecule has 0 spiro atoms. The van der Waals surface area contributed by atoms with Crippen molar-refractivity contribution in [3.63, 3.8) is 0 Å². The molecule has 0 fully saturated rings. The monoisotopic (exact) mass is 316 g/mol. The van der Waals surface area contributed by atoms with Gasteiger partial charge in [-0.2, -0.15) is 10.2 Å². The van der Waals surface area contributed by atoms with Crippen molar-refractivity contribution in [3.8, 4) is 12.3 Å². The van der Waals surface area contributed by atoms with Crippen molar-refractivity contribution in [2.24, 2.45) is 10.2 Å². The van der Waals surface area contributed by atoms with E-state index in [0.717, 1.165) is 31.2 Å². The van der Waals surface area contributed by atoms with Gasteiger partial charge in [-0.3, -0.25) is 0 Å². The third kappa shape index (κ3) is 5.80. The van der Waals surface area contributed by atoms with Gasteiger partial charge in [0.1, 0.15) is 0 Å². The second-order valence-electron chi connectivity index (χ2n) is 5.04. The van der Waals surface area contributed by atoms with Crippen molar-refractivity contribution in [3.05, 3.63) is 0 Å². The molecule has 1 aliphatic heterocycles. The van der Waals surface area contributed by atoms with Gasteiger partial charge in [0.25, 0.3) is 0 Å². The van der Waals surface area contributed by atoms with Crippen LogP contribution in [0.4, 0.5) is 0 Å². The first kappa shape index (κ1) is 14.9. The molecule has 0 atom stereocenters. The molecule has 0 aromatic rings. The number of terminal acetylenes is 1. The van der Waals surface area contributed by atoms with Crippen LogP contribution in [0.5, 0.6) is 0 Å². The second kappa shape index (κ2) is 6.67. The summed E-state index contributed by atoms with van der Waals surface area (Å²) in [5.41, 5.74) is -0.188. The molecule has 0 saturated carbocycles. The Morgan fingerprint density at radius 2 is 2.06 bits per heavy atom. The predicted molar refractivity (Wildman–Crippen MR) is 76.9 cm³/mol. The molecular formula is C12H21BrN2OSi. The molecule has 0 aromatic heterocycles. The number of alkyl halides is 1. The highest BCUT2D eigenvalue weighted by atomic mass is 79.9. The topological polar surface area (TPSA) is 34.0 Å². The minimum absolute atomic E-state index is 0.188. The molecule has 1 aliphatic rings. The van der Waals surface area contributed by atoms with E-state index in [0.29, 0.717) is 0 Å². The molecule has 3 nitrogen and oxygen atoms in total. The maximum atomic E-state index is 6.03. The molecule has 96 valence electrons. The number of hydrogen-bond acceptors (Lipinski definition) is 3. The predicted octanol–water partition coefficient (Wildman–Crippen LogP) is 3.96. The highest BCUT2D eigenvalue weighted by Gasteiger charge is 2.39. The van der Waals surface area contributed by atoms with Crippen molar-refractivity contribution in [2.75, 3.05) is 11.9 Å². The smallest absolute Gasteiger partial charge is 0.194 e. The highest BCUT2D eigenvalue weighted by Crippen LogP contribution is 2.36. The van der Waals surface area contributed by atoms with Gasteiger partial charge < -0.3 is 4.43 Å². The van der Waals surface area contributed by atoms with Crippen LogP contribution in [0.15, 0.2) is 10.2 Å². The average molecular weight is 317 g/mol. The molecule has 0 saturated heterocycles. The first-order valence-corrected chi connectivity index (χ1v) is 10.3. The van der Waals surface area contributed by atoms with Crippen molar-refractivity contribution in [1.29, 1.82) is 0 Å². The maximum absolute atomic E-state index is 6.03. The lowest BCUT2D eigenvalue weighted by molar-refractivity contribution is 0.274. The summed E-state index contributed by atoms with van der Waals surface area (Å²) >= 11 is 3.46. The minimum atomic E-state index is -1.48. The van der Waals surface area contributed by atoms with E-state index in [2.05, 4.69) is 45.2 Å². The Kier molecular flexibility index (Phi) is 5.84. The van der Waals surface area contributed by atoms with Crippen molar-refractivity contribution in [1.82, 2.24) is 0 Å². The Balaban J connectivity index is 2.17. The Bertz CT molecular complexity index is 306. The molecule has 0 N–H and O–H groups in total. The molecule has 5 heteroatoms. The van der Waals surface area contributed by atoms with E-state index in [9.17, 15) is 0 Å². The summed E-state index contributed by atoms with van der Waals surface area (Å²) in [7, 11) is -1.48. The van der Waals surface area contributed by atoms with Crippen molar-refractivity contribution >= 4 is 24.2 Å². The van der Waals surface area contributed by atoms with Gasteiger partial charge in [0, 0.05) is 31.2 Å². The first-order valence-electron chi connectivity index (χ1n) is 6.11. The summed E-state index contributed by atoms with van der Waals surface area (Å²) in [5, 5.41) is 9.28. The van der Waals surface area contributed by atoms with Gasteiger partial charge in [-0.15, -0.1) is 12.3 Å². The highest BCUT2D eigenvalue weighted by molar-refractivity contribution is 9.09. The van der Waals surface area contributed by atoms with Gasteiger partial charge >= 0.3 is 0 Å². The lowest BCUT2D eigenvalue weighted by Gasteiger charge is -2.23. The quantitative estimate of drug-likeness (QED) is 0.360. The number of halogens is 1. The standard InChI is InChI=1S/C12H21BrN2OSi/c1-4-5-7-12(14-15-12)8-10-16-17(2,3)11-6-9-13/h1H,5-11H2,2-3H3. The molecule has 0 aromatic carbocycles. The lowest BCUT2D eigenvalue weighted by atomic mass is 10.1. The van der Waals surface area contributed by atoms with Crippen LogP contribution in [0, 0.1) is 12.3 Å². The summed E-state index contributed by atoms with van der Waals surface area (Å²) in [6.45, 7) is 5.30. The fourth-order valence-electron chi connectivity index (χ4n) is 1.72. The second-order valence-corrected chi connectivity index (χ2v) is 10.1. The summed E-state index contributed by atoms with van der Waals surface area (Å²) in [6, 6.07) is 1.20. The largest absolute Gasteiger partial charge is 0.417 e. The van der Waals surface area contributed by atoms with E-state index in [1.165, 1.54) is 12.5 Å². The average Bonchev–Trinajstić information content (AvgIpc) is 3.04. The first-order chi connectivity index (χ1) is 8.04. The van der Waals surface area contributed by atoms with E-state index in [4.69, 9.17) is 10.8 Å². The maximum Gasteiger partial charge on any atom is 0.194 e. The van der Waals surface area contributed by atoms with Gasteiger partial charge in [0.15, 0.2) is 14.0 Å². The molecule has 17 heavy (non-hydrogen) atoms. The SMILES string of the molecule is C#CCCC1(CCO[Si](C)(C)CCCBr)N=N1. The van der Waals surface area contributed by atoms with Crippen LogP contribution in [-0.4, -0.2) is 25.9 Å². The van der Waals surface area contributed by atoms with Crippen molar-refractivity contribution < 1.29 is 4.43 Å². The molecular weight excluding hydrogens is 296 g/mol. The summed E-state index contributed by atoms with van der Waals surface area (Å²) in [6.07, 6.45) is 8.95. The zero-order valence-electron chi connectivity index (χ0n) is 10.7. The third-order valence-corrected chi connectivity index (χ3v) is 6.06. The summed E-state index contributed by atoms with van der Waals surface area (Å²) in [4.78, 5) is 0. The minimum Gasteiger partial charge on any atom is -0.417 e. The van der Waals surface area contributed by atoms with Crippen LogP contribution in [0.2, 0.25) is 19.1 Å². The zero-order chi connectivity index (χ0) is 12.8. The van der Waals surface area contributed by atoms with Gasteiger partial charge in [-0.1, -0.05) is 15.9 Å². The van der Waals surface area contributed by atoms with Gasteiger partial charge in [-0.25, -0.2) is 0 Å². The molecule has 0 aliphatic carbocycles. The van der Waals surface area contributed by atoms with Crippen LogP contribution in [0.1, 0.15) is 25.7 Å². The summed E-state index contributed by atoms with van der Waals surface area (Å²) in [5.74, 6) is 2.64. The van der Waals surface area contributed by atoms with Crippen LogP contribution >= 0.6 is 15.9 Å².